The predicted molar refractivity (Wildman–Crippen MR) is 151 cm³/mol. The van der Waals surface area contributed by atoms with Crippen molar-refractivity contribution in [1.82, 2.24) is 4.98 Å². The Morgan fingerprint density at radius 3 is 2.32 bits per heavy atom. The molecule has 1 aromatic heterocycles. The number of rotatable bonds is 4. The zero-order valence-corrected chi connectivity index (χ0v) is 20.5. The van der Waals surface area contributed by atoms with Crippen LogP contribution in [0.15, 0.2) is 122 Å². The number of amides is 2. The number of aromatic nitrogens is 1. The van der Waals surface area contributed by atoms with E-state index in [1.807, 2.05) is 78.9 Å². The van der Waals surface area contributed by atoms with Crippen LogP contribution >= 0.6 is 0 Å². The molecule has 0 saturated carbocycles. The Morgan fingerprint density at radius 2 is 1.50 bits per heavy atom. The fourth-order valence-corrected chi connectivity index (χ4v) is 4.68. The van der Waals surface area contributed by atoms with Gasteiger partial charge in [0.1, 0.15) is 0 Å². The number of para-hydroxylation sites is 3. The van der Waals surface area contributed by atoms with E-state index in [0.29, 0.717) is 23.4 Å². The summed E-state index contributed by atoms with van der Waals surface area (Å²) < 4.78 is 0. The van der Waals surface area contributed by atoms with Gasteiger partial charge in [-0.1, -0.05) is 54.6 Å². The van der Waals surface area contributed by atoms with E-state index in [0.717, 1.165) is 33.8 Å². The Kier molecular flexibility index (Phi) is 6.12. The maximum Gasteiger partial charge on any atom is 0.258 e. The highest BCUT2D eigenvalue weighted by Crippen LogP contribution is 2.36. The lowest BCUT2D eigenvalue weighted by Gasteiger charge is -2.23. The standard InChI is InChI=1S/C32H24N4O2/c37-31(27-11-3-2-10-26(27)23-9-7-19-33-20-23)34-25-17-15-22(16-18-25)32(38)36-21-24-8-1-4-12-28(24)35-29-13-5-6-14-30(29)36/h1-20,35H,21H2,(H,34,37). The molecule has 4 aromatic carbocycles. The van der Waals surface area contributed by atoms with Crippen LogP contribution in [0.4, 0.5) is 22.7 Å². The first-order chi connectivity index (χ1) is 18.7. The Balaban J connectivity index is 1.24. The molecule has 6 nitrogen and oxygen atoms in total. The molecule has 2 amide bonds. The second-order valence-electron chi connectivity index (χ2n) is 9.01. The van der Waals surface area contributed by atoms with Crippen LogP contribution in [-0.4, -0.2) is 16.8 Å². The third-order valence-electron chi connectivity index (χ3n) is 6.59. The molecule has 184 valence electrons. The SMILES string of the molecule is O=C(Nc1ccc(C(=O)N2Cc3ccccc3Nc3ccccc32)cc1)c1ccccc1-c1cccnc1. The molecule has 0 aliphatic carbocycles. The molecule has 0 atom stereocenters. The maximum atomic E-state index is 13.7. The van der Waals surface area contributed by atoms with Gasteiger partial charge in [-0.15, -0.1) is 0 Å². The van der Waals surface area contributed by atoms with E-state index in [1.54, 1.807) is 47.6 Å². The number of hydrogen-bond acceptors (Lipinski definition) is 4. The Hall–Kier alpha value is -5.23. The average molecular weight is 497 g/mol. The van der Waals surface area contributed by atoms with Crippen molar-refractivity contribution in [2.75, 3.05) is 15.5 Å². The summed E-state index contributed by atoms with van der Waals surface area (Å²) in [6.07, 6.45) is 3.44. The molecular formula is C32H24N4O2. The third kappa shape index (κ3) is 4.51. The molecule has 1 aliphatic rings. The second-order valence-corrected chi connectivity index (χ2v) is 9.01. The summed E-state index contributed by atoms with van der Waals surface area (Å²) in [6, 6.07) is 34.0. The minimum absolute atomic E-state index is 0.115. The number of benzene rings is 4. The van der Waals surface area contributed by atoms with Gasteiger partial charge in [0, 0.05) is 40.5 Å². The molecular weight excluding hydrogens is 472 g/mol. The minimum Gasteiger partial charge on any atom is -0.354 e. The molecule has 6 heteroatoms. The van der Waals surface area contributed by atoms with E-state index >= 15 is 0 Å². The van der Waals surface area contributed by atoms with Crippen LogP contribution < -0.4 is 15.5 Å². The van der Waals surface area contributed by atoms with Crippen LogP contribution in [-0.2, 0) is 6.54 Å². The van der Waals surface area contributed by atoms with E-state index in [9.17, 15) is 9.59 Å². The second kappa shape index (κ2) is 10.0. The lowest BCUT2D eigenvalue weighted by Crippen LogP contribution is -2.30. The Morgan fingerprint density at radius 1 is 0.763 bits per heavy atom. The number of nitrogens with one attached hydrogen (secondary N) is 2. The normalized spacial score (nSPS) is 11.9. The van der Waals surface area contributed by atoms with Gasteiger partial charge in [-0.05, 0) is 65.7 Å². The molecule has 6 rings (SSSR count). The number of anilines is 4. The van der Waals surface area contributed by atoms with Crippen molar-refractivity contribution in [2.45, 2.75) is 6.54 Å². The number of nitrogens with zero attached hydrogens (tertiary/aromatic N) is 2. The molecule has 0 unspecified atom stereocenters. The lowest BCUT2D eigenvalue weighted by atomic mass is 10.0. The number of hydrogen-bond donors (Lipinski definition) is 2. The molecule has 2 N–H and O–H groups in total. The van der Waals surface area contributed by atoms with Gasteiger partial charge in [0.2, 0.25) is 0 Å². The number of carbonyl (C=O) groups is 2. The molecule has 0 saturated heterocycles. The molecule has 1 aliphatic heterocycles. The summed E-state index contributed by atoms with van der Waals surface area (Å²) in [4.78, 5) is 32.8. The first kappa shape index (κ1) is 23.2. The summed E-state index contributed by atoms with van der Waals surface area (Å²) in [5.74, 6) is -0.344. The molecule has 0 bridgehead atoms. The first-order valence-electron chi connectivity index (χ1n) is 12.3. The maximum absolute atomic E-state index is 13.7. The quantitative estimate of drug-likeness (QED) is 0.284. The van der Waals surface area contributed by atoms with E-state index in [1.165, 1.54) is 0 Å². The van der Waals surface area contributed by atoms with Crippen LogP contribution in [0.5, 0.6) is 0 Å². The van der Waals surface area contributed by atoms with E-state index in [-0.39, 0.29) is 11.8 Å². The summed E-state index contributed by atoms with van der Waals surface area (Å²) in [5.41, 5.74) is 7.08. The van der Waals surface area contributed by atoms with Crippen molar-refractivity contribution in [1.29, 1.82) is 0 Å². The monoisotopic (exact) mass is 496 g/mol. The minimum atomic E-state index is -0.229. The van der Waals surface area contributed by atoms with Gasteiger partial charge in [-0.3, -0.25) is 14.6 Å². The Labute approximate surface area is 220 Å². The molecule has 2 heterocycles. The summed E-state index contributed by atoms with van der Waals surface area (Å²) in [5, 5.41) is 6.42. The fraction of sp³-hybridized carbons (Fsp3) is 0.0312. The van der Waals surface area contributed by atoms with Gasteiger partial charge in [-0.2, -0.15) is 0 Å². The molecule has 0 spiro atoms. The van der Waals surface area contributed by atoms with Crippen molar-refractivity contribution in [2.24, 2.45) is 0 Å². The predicted octanol–water partition coefficient (Wildman–Crippen LogP) is 6.90. The molecule has 0 radical (unpaired) electrons. The smallest absolute Gasteiger partial charge is 0.258 e. The van der Waals surface area contributed by atoms with Crippen molar-refractivity contribution in [3.8, 4) is 11.1 Å². The molecule has 38 heavy (non-hydrogen) atoms. The Bertz CT molecular complexity index is 1630. The highest BCUT2D eigenvalue weighted by atomic mass is 16.2. The number of fused-ring (bicyclic) bond motifs is 2. The van der Waals surface area contributed by atoms with Gasteiger partial charge in [0.25, 0.3) is 11.8 Å². The van der Waals surface area contributed by atoms with Crippen molar-refractivity contribution in [3.63, 3.8) is 0 Å². The lowest BCUT2D eigenvalue weighted by molar-refractivity contribution is 0.0984. The highest BCUT2D eigenvalue weighted by molar-refractivity contribution is 6.10. The average Bonchev–Trinajstić information content (AvgIpc) is 3.14. The van der Waals surface area contributed by atoms with Crippen molar-refractivity contribution in [3.05, 3.63) is 138 Å². The zero-order chi connectivity index (χ0) is 25.9. The summed E-state index contributed by atoms with van der Waals surface area (Å²) in [7, 11) is 0. The number of pyridine rings is 1. The fourth-order valence-electron chi connectivity index (χ4n) is 4.68. The van der Waals surface area contributed by atoms with Gasteiger partial charge in [0.05, 0.1) is 17.9 Å². The van der Waals surface area contributed by atoms with Crippen molar-refractivity contribution < 1.29 is 9.59 Å². The summed E-state index contributed by atoms with van der Waals surface area (Å²) in [6.45, 7) is 0.447. The topological polar surface area (TPSA) is 74.3 Å². The van der Waals surface area contributed by atoms with Gasteiger partial charge in [-0.25, -0.2) is 0 Å². The van der Waals surface area contributed by atoms with Crippen LogP contribution in [0.3, 0.4) is 0 Å². The van der Waals surface area contributed by atoms with Gasteiger partial charge in [0.15, 0.2) is 0 Å². The first-order valence-corrected chi connectivity index (χ1v) is 12.3. The number of carbonyl (C=O) groups excluding carboxylic acids is 2. The summed E-state index contributed by atoms with van der Waals surface area (Å²) >= 11 is 0. The van der Waals surface area contributed by atoms with Gasteiger partial charge >= 0.3 is 0 Å². The van der Waals surface area contributed by atoms with E-state index < -0.39 is 0 Å². The van der Waals surface area contributed by atoms with Crippen LogP contribution in [0, 0.1) is 0 Å². The van der Waals surface area contributed by atoms with Crippen molar-refractivity contribution >= 4 is 34.6 Å². The largest absolute Gasteiger partial charge is 0.354 e. The van der Waals surface area contributed by atoms with Crippen LogP contribution in [0.2, 0.25) is 0 Å². The third-order valence-corrected chi connectivity index (χ3v) is 6.59. The van der Waals surface area contributed by atoms with E-state index in [2.05, 4.69) is 15.6 Å². The molecule has 5 aromatic rings. The molecule has 0 fully saturated rings. The van der Waals surface area contributed by atoms with Gasteiger partial charge < -0.3 is 15.5 Å². The highest BCUT2D eigenvalue weighted by Gasteiger charge is 2.24. The van der Waals surface area contributed by atoms with E-state index in [4.69, 9.17) is 0 Å². The zero-order valence-electron chi connectivity index (χ0n) is 20.5. The van der Waals surface area contributed by atoms with Crippen LogP contribution in [0.1, 0.15) is 26.3 Å². The van der Waals surface area contributed by atoms with Crippen LogP contribution in [0.25, 0.3) is 11.1 Å².